The van der Waals surface area contributed by atoms with Crippen molar-refractivity contribution in [1.82, 2.24) is 20.6 Å². The molecule has 0 unspecified atom stereocenters. The topological polar surface area (TPSA) is 133 Å². The van der Waals surface area contributed by atoms with Crippen molar-refractivity contribution in [2.24, 2.45) is 5.41 Å². The van der Waals surface area contributed by atoms with Gasteiger partial charge in [-0.15, -0.1) is 0 Å². The number of anilines is 1. The molecule has 34 heavy (non-hydrogen) atoms. The molecule has 0 saturated heterocycles. The highest BCUT2D eigenvalue weighted by atomic mass is 16.4. The molecule has 2 aromatic rings. The molecule has 0 fully saturated rings. The highest BCUT2D eigenvalue weighted by Gasteiger charge is 2.45. The van der Waals surface area contributed by atoms with E-state index in [2.05, 4.69) is 25.9 Å². The van der Waals surface area contributed by atoms with E-state index in [1.54, 1.807) is 32.3 Å². The first-order valence-corrected chi connectivity index (χ1v) is 11.6. The summed E-state index contributed by atoms with van der Waals surface area (Å²) in [5.74, 6) is -0.914. The minimum absolute atomic E-state index is 0.0257. The SMILES string of the molecule is CC(C)(CC(=O)O)CC(=O)NC1(C(=O)NCCCCNc2ncccn2)Cc2ccccc2C1. The van der Waals surface area contributed by atoms with Crippen LogP contribution in [0.4, 0.5) is 5.95 Å². The summed E-state index contributed by atoms with van der Waals surface area (Å²) in [7, 11) is 0. The predicted octanol–water partition coefficient (Wildman–Crippen LogP) is 2.33. The number of hydrogen-bond acceptors (Lipinski definition) is 6. The van der Waals surface area contributed by atoms with Gasteiger partial charge in [-0.05, 0) is 35.4 Å². The van der Waals surface area contributed by atoms with Gasteiger partial charge in [0.1, 0.15) is 5.54 Å². The number of carboxylic acid groups (broad SMARTS) is 1. The molecule has 2 amide bonds. The fourth-order valence-electron chi connectivity index (χ4n) is 4.35. The second-order valence-electron chi connectivity index (χ2n) is 9.63. The number of aliphatic carboxylic acids is 1. The van der Waals surface area contributed by atoms with E-state index in [0.29, 0.717) is 31.9 Å². The van der Waals surface area contributed by atoms with E-state index in [1.165, 1.54) is 0 Å². The maximum absolute atomic E-state index is 13.3. The Morgan fingerprint density at radius 2 is 1.59 bits per heavy atom. The maximum Gasteiger partial charge on any atom is 0.303 e. The molecule has 4 N–H and O–H groups in total. The number of carboxylic acids is 1. The maximum atomic E-state index is 13.3. The Morgan fingerprint density at radius 3 is 2.21 bits per heavy atom. The molecule has 0 bridgehead atoms. The molecule has 1 aliphatic rings. The Kier molecular flexibility index (Phi) is 8.20. The van der Waals surface area contributed by atoms with E-state index in [0.717, 1.165) is 24.0 Å². The van der Waals surface area contributed by atoms with Crippen molar-refractivity contribution in [2.45, 2.75) is 57.9 Å². The first-order valence-electron chi connectivity index (χ1n) is 11.6. The minimum atomic E-state index is -1.07. The molecule has 182 valence electrons. The molecule has 9 heteroatoms. The Balaban J connectivity index is 1.56. The van der Waals surface area contributed by atoms with E-state index < -0.39 is 16.9 Å². The van der Waals surface area contributed by atoms with E-state index in [4.69, 9.17) is 5.11 Å². The van der Waals surface area contributed by atoms with Gasteiger partial charge in [0.05, 0.1) is 6.42 Å². The number of unbranched alkanes of at least 4 members (excludes halogenated alkanes) is 1. The number of amides is 2. The Bertz CT molecular complexity index is 984. The van der Waals surface area contributed by atoms with Gasteiger partial charge in [0, 0.05) is 44.7 Å². The van der Waals surface area contributed by atoms with Gasteiger partial charge in [-0.1, -0.05) is 38.1 Å². The third-order valence-electron chi connectivity index (χ3n) is 5.92. The van der Waals surface area contributed by atoms with Crippen LogP contribution in [0, 0.1) is 5.41 Å². The summed E-state index contributed by atoms with van der Waals surface area (Å²) in [6, 6.07) is 9.55. The quantitative estimate of drug-likeness (QED) is 0.352. The molecule has 1 aliphatic carbocycles. The van der Waals surface area contributed by atoms with Gasteiger partial charge in [-0.3, -0.25) is 14.4 Å². The molecule has 1 heterocycles. The molecule has 0 saturated carbocycles. The average Bonchev–Trinajstić information content (AvgIpc) is 3.14. The van der Waals surface area contributed by atoms with Crippen LogP contribution in [0.25, 0.3) is 0 Å². The highest BCUT2D eigenvalue weighted by molar-refractivity contribution is 5.93. The van der Waals surface area contributed by atoms with Gasteiger partial charge >= 0.3 is 5.97 Å². The van der Waals surface area contributed by atoms with Crippen LogP contribution in [0.3, 0.4) is 0 Å². The number of nitrogens with one attached hydrogen (secondary N) is 3. The van der Waals surface area contributed by atoms with E-state index in [-0.39, 0.29) is 24.7 Å². The van der Waals surface area contributed by atoms with Gasteiger partial charge in [0.2, 0.25) is 17.8 Å². The van der Waals surface area contributed by atoms with E-state index in [1.807, 2.05) is 24.3 Å². The Labute approximate surface area is 199 Å². The summed E-state index contributed by atoms with van der Waals surface area (Å²) in [5.41, 5.74) is 0.287. The second-order valence-corrected chi connectivity index (χ2v) is 9.63. The molecule has 9 nitrogen and oxygen atoms in total. The summed E-state index contributed by atoms with van der Waals surface area (Å²) in [6.45, 7) is 4.65. The van der Waals surface area contributed by atoms with Crippen LogP contribution in [-0.2, 0) is 27.2 Å². The fourth-order valence-corrected chi connectivity index (χ4v) is 4.35. The number of fused-ring (bicyclic) bond motifs is 1. The van der Waals surface area contributed by atoms with Crippen molar-refractivity contribution in [3.8, 4) is 0 Å². The van der Waals surface area contributed by atoms with Crippen molar-refractivity contribution in [1.29, 1.82) is 0 Å². The lowest BCUT2D eigenvalue weighted by atomic mass is 9.84. The van der Waals surface area contributed by atoms with Crippen LogP contribution in [-0.4, -0.2) is 51.5 Å². The Hall–Kier alpha value is -3.49. The number of nitrogens with zero attached hydrogens (tertiary/aromatic N) is 2. The number of rotatable bonds is 12. The fraction of sp³-hybridized carbons (Fsp3) is 0.480. The van der Waals surface area contributed by atoms with Crippen molar-refractivity contribution in [2.75, 3.05) is 18.4 Å². The first-order chi connectivity index (χ1) is 16.2. The summed E-state index contributed by atoms with van der Waals surface area (Å²) < 4.78 is 0. The molecule has 0 atom stereocenters. The van der Waals surface area contributed by atoms with E-state index in [9.17, 15) is 14.4 Å². The first kappa shape index (κ1) is 25.1. The number of aromatic nitrogens is 2. The number of hydrogen-bond donors (Lipinski definition) is 4. The minimum Gasteiger partial charge on any atom is -0.481 e. The van der Waals surface area contributed by atoms with Crippen molar-refractivity contribution in [3.63, 3.8) is 0 Å². The molecule has 1 aromatic carbocycles. The monoisotopic (exact) mass is 467 g/mol. The van der Waals surface area contributed by atoms with Crippen molar-refractivity contribution in [3.05, 3.63) is 53.9 Å². The number of carbonyl (C=O) groups excluding carboxylic acids is 2. The molecule has 1 aromatic heterocycles. The van der Waals surface area contributed by atoms with Gasteiger partial charge in [-0.2, -0.15) is 0 Å². The van der Waals surface area contributed by atoms with Crippen LogP contribution < -0.4 is 16.0 Å². The zero-order valence-corrected chi connectivity index (χ0v) is 19.8. The molecule has 0 spiro atoms. The highest BCUT2D eigenvalue weighted by Crippen LogP contribution is 2.32. The van der Waals surface area contributed by atoms with E-state index >= 15 is 0 Å². The predicted molar refractivity (Wildman–Crippen MR) is 128 cm³/mol. The van der Waals surface area contributed by atoms with Crippen LogP contribution in [0.1, 0.15) is 50.7 Å². The second kappa shape index (κ2) is 11.1. The summed E-state index contributed by atoms with van der Waals surface area (Å²) in [6.07, 6.45) is 5.65. The molecule has 0 aliphatic heterocycles. The zero-order valence-electron chi connectivity index (χ0n) is 19.8. The van der Waals surface area contributed by atoms with Gasteiger partial charge in [-0.25, -0.2) is 9.97 Å². The number of benzene rings is 1. The molecular formula is C25H33N5O4. The van der Waals surface area contributed by atoms with Crippen LogP contribution in [0.15, 0.2) is 42.7 Å². The van der Waals surface area contributed by atoms with Crippen molar-refractivity contribution < 1.29 is 19.5 Å². The normalized spacial score (nSPS) is 14.2. The smallest absolute Gasteiger partial charge is 0.303 e. The third kappa shape index (κ3) is 7.00. The molecular weight excluding hydrogens is 434 g/mol. The Morgan fingerprint density at radius 1 is 0.971 bits per heavy atom. The van der Waals surface area contributed by atoms with Crippen LogP contribution >= 0.6 is 0 Å². The standard InChI is InChI=1S/C25H33N5O4/c1-24(2,17-21(32)33)16-20(31)30-25(14-18-8-3-4-9-19(18)15-25)22(34)26-10-5-6-11-27-23-28-12-7-13-29-23/h3-4,7-9,12-13H,5-6,10-11,14-17H2,1-2H3,(H,26,34)(H,30,31)(H,32,33)(H,27,28,29). The van der Waals surface area contributed by atoms with Gasteiger partial charge < -0.3 is 21.1 Å². The zero-order chi connectivity index (χ0) is 24.6. The lowest BCUT2D eigenvalue weighted by Crippen LogP contribution is -2.60. The van der Waals surface area contributed by atoms with Gasteiger partial charge in [0.25, 0.3) is 0 Å². The third-order valence-corrected chi connectivity index (χ3v) is 5.92. The van der Waals surface area contributed by atoms with Crippen molar-refractivity contribution >= 4 is 23.7 Å². The summed E-state index contributed by atoms with van der Waals surface area (Å²) in [4.78, 5) is 45.6. The largest absolute Gasteiger partial charge is 0.481 e. The lowest BCUT2D eigenvalue weighted by Gasteiger charge is -2.31. The number of carbonyl (C=O) groups is 3. The van der Waals surface area contributed by atoms with Crippen LogP contribution in [0.5, 0.6) is 0 Å². The van der Waals surface area contributed by atoms with Crippen LogP contribution in [0.2, 0.25) is 0 Å². The molecule has 3 rings (SSSR count). The lowest BCUT2D eigenvalue weighted by molar-refractivity contribution is -0.140. The summed E-state index contributed by atoms with van der Waals surface area (Å²) in [5, 5.41) is 18.2. The van der Waals surface area contributed by atoms with Gasteiger partial charge in [0.15, 0.2) is 0 Å². The average molecular weight is 468 g/mol. The summed E-state index contributed by atoms with van der Waals surface area (Å²) >= 11 is 0. The molecule has 0 radical (unpaired) electrons.